The number of hydrazine groups is 1. The van der Waals surface area contributed by atoms with Crippen molar-refractivity contribution in [3.8, 4) is 5.69 Å². The fraction of sp³-hybridized carbons (Fsp3) is 0.263. The Labute approximate surface area is 155 Å². The third-order valence-electron chi connectivity index (χ3n) is 4.59. The minimum Gasteiger partial charge on any atom is -0.361 e. The maximum atomic E-state index is 13.1. The number of para-hydroxylation sites is 1. The molecule has 0 aliphatic carbocycles. The van der Waals surface area contributed by atoms with E-state index in [-0.39, 0.29) is 17.5 Å². The second kappa shape index (κ2) is 6.71. The van der Waals surface area contributed by atoms with Gasteiger partial charge in [-0.1, -0.05) is 23.4 Å². The van der Waals surface area contributed by atoms with Crippen molar-refractivity contribution in [1.29, 1.82) is 0 Å². The molecule has 3 aromatic rings. The van der Waals surface area contributed by atoms with Crippen LogP contribution in [0.15, 0.2) is 47.1 Å². The van der Waals surface area contributed by atoms with E-state index in [1.54, 1.807) is 23.9 Å². The van der Waals surface area contributed by atoms with Crippen LogP contribution in [-0.4, -0.2) is 49.9 Å². The Morgan fingerprint density at radius 2 is 1.74 bits per heavy atom. The molecule has 1 fully saturated rings. The number of carbonyl (C=O) groups is 2. The minimum atomic E-state index is -0.342. The summed E-state index contributed by atoms with van der Waals surface area (Å²) < 4.78 is 6.70. The van der Waals surface area contributed by atoms with Crippen molar-refractivity contribution < 1.29 is 14.1 Å². The summed E-state index contributed by atoms with van der Waals surface area (Å²) in [6.07, 6.45) is 2.26. The molecule has 2 amide bonds. The fourth-order valence-corrected chi connectivity index (χ4v) is 3.22. The molecule has 0 N–H and O–H groups in total. The summed E-state index contributed by atoms with van der Waals surface area (Å²) in [4.78, 5) is 25.8. The van der Waals surface area contributed by atoms with E-state index in [0.29, 0.717) is 30.8 Å². The van der Waals surface area contributed by atoms with Crippen molar-refractivity contribution in [3.05, 3.63) is 65.3 Å². The van der Waals surface area contributed by atoms with E-state index in [4.69, 9.17) is 4.52 Å². The number of benzene rings is 1. The van der Waals surface area contributed by atoms with Gasteiger partial charge in [0.05, 0.1) is 23.1 Å². The molecule has 3 heterocycles. The van der Waals surface area contributed by atoms with Crippen LogP contribution in [0, 0.1) is 13.8 Å². The van der Waals surface area contributed by atoms with Gasteiger partial charge in [0, 0.05) is 19.2 Å². The average Bonchev–Trinajstić information content (AvgIpc) is 3.41. The first-order valence-electron chi connectivity index (χ1n) is 8.73. The zero-order valence-corrected chi connectivity index (χ0v) is 15.1. The molecule has 138 valence electrons. The van der Waals surface area contributed by atoms with E-state index in [9.17, 15) is 9.59 Å². The predicted octanol–water partition coefficient (Wildman–Crippen LogP) is 2.38. The highest BCUT2D eigenvalue weighted by molar-refractivity contribution is 5.99. The second-order valence-electron chi connectivity index (χ2n) is 6.42. The lowest BCUT2D eigenvalue weighted by molar-refractivity contribution is 0.0179. The Kier molecular flexibility index (Phi) is 4.23. The smallest absolute Gasteiger partial charge is 0.294 e. The van der Waals surface area contributed by atoms with Gasteiger partial charge in [0.1, 0.15) is 5.76 Å². The third kappa shape index (κ3) is 2.99. The van der Waals surface area contributed by atoms with Crippen LogP contribution in [0.3, 0.4) is 0 Å². The van der Waals surface area contributed by atoms with E-state index >= 15 is 0 Å². The normalized spacial score (nSPS) is 14.0. The van der Waals surface area contributed by atoms with Crippen LogP contribution >= 0.6 is 0 Å². The quantitative estimate of drug-likeness (QED) is 0.711. The Balaban J connectivity index is 1.61. The Morgan fingerprint density at radius 1 is 1.04 bits per heavy atom. The van der Waals surface area contributed by atoms with Crippen LogP contribution in [0.1, 0.15) is 38.7 Å². The first-order chi connectivity index (χ1) is 13.1. The maximum absolute atomic E-state index is 13.1. The third-order valence-corrected chi connectivity index (χ3v) is 4.59. The standard InChI is InChI=1S/C19H19N5O3/c1-13-11-17(21-27-13)19(26)23-10-6-9-22(23)18(25)16-12-20-24(14(16)2)15-7-4-3-5-8-15/h3-5,7-8,11-12H,6,9-10H2,1-2H3. The van der Waals surface area contributed by atoms with E-state index < -0.39 is 0 Å². The molecule has 0 radical (unpaired) electrons. The molecule has 0 saturated carbocycles. The van der Waals surface area contributed by atoms with E-state index in [1.165, 1.54) is 10.0 Å². The molecular weight excluding hydrogens is 346 g/mol. The molecule has 2 aromatic heterocycles. The molecule has 4 rings (SSSR count). The van der Waals surface area contributed by atoms with Crippen molar-refractivity contribution in [1.82, 2.24) is 25.0 Å². The lowest BCUT2D eigenvalue weighted by Crippen LogP contribution is -2.45. The van der Waals surface area contributed by atoms with Crippen LogP contribution in [0.4, 0.5) is 0 Å². The first kappa shape index (κ1) is 17.0. The number of rotatable bonds is 3. The van der Waals surface area contributed by atoms with Crippen LogP contribution in [-0.2, 0) is 0 Å². The van der Waals surface area contributed by atoms with E-state index in [1.807, 2.05) is 37.3 Å². The van der Waals surface area contributed by atoms with Gasteiger partial charge in [-0.3, -0.25) is 9.59 Å². The summed E-state index contributed by atoms with van der Waals surface area (Å²) in [5, 5.41) is 11.0. The molecule has 0 bridgehead atoms. The van der Waals surface area contributed by atoms with Gasteiger partial charge in [-0.05, 0) is 32.4 Å². The minimum absolute atomic E-state index is 0.198. The molecule has 0 spiro atoms. The van der Waals surface area contributed by atoms with Crippen LogP contribution in [0.5, 0.6) is 0 Å². The van der Waals surface area contributed by atoms with Crippen molar-refractivity contribution in [2.75, 3.05) is 13.1 Å². The van der Waals surface area contributed by atoms with Crippen molar-refractivity contribution in [2.45, 2.75) is 20.3 Å². The highest BCUT2D eigenvalue weighted by Crippen LogP contribution is 2.21. The Bertz CT molecular complexity index is 992. The summed E-state index contributed by atoms with van der Waals surface area (Å²) >= 11 is 0. The maximum Gasteiger partial charge on any atom is 0.294 e. The predicted molar refractivity (Wildman–Crippen MR) is 96.2 cm³/mol. The van der Waals surface area contributed by atoms with E-state index in [0.717, 1.165) is 11.4 Å². The highest BCUT2D eigenvalue weighted by Gasteiger charge is 2.34. The molecule has 0 unspecified atom stereocenters. The van der Waals surface area contributed by atoms with Gasteiger partial charge in [0.25, 0.3) is 11.8 Å². The molecule has 1 aliphatic rings. The number of aryl methyl sites for hydroxylation is 1. The number of carbonyl (C=O) groups excluding carboxylic acids is 2. The number of nitrogens with zero attached hydrogens (tertiary/aromatic N) is 5. The lowest BCUT2D eigenvalue weighted by Gasteiger charge is -2.27. The van der Waals surface area contributed by atoms with Crippen LogP contribution in [0.2, 0.25) is 0 Å². The number of amides is 2. The highest BCUT2D eigenvalue weighted by atomic mass is 16.5. The van der Waals surface area contributed by atoms with Gasteiger partial charge in [0.15, 0.2) is 5.69 Å². The van der Waals surface area contributed by atoms with Crippen LogP contribution in [0.25, 0.3) is 5.69 Å². The van der Waals surface area contributed by atoms with Crippen LogP contribution < -0.4 is 0 Å². The molecular formula is C19H19N5O3. The SMILES string of the molecule is Cc1cc(C(=O)N2CCCN2C(=O)c2cnn(-c3ccccc3)c2C)no1. The van der Waals surface area contributed by atoms with Gasteiger partial charge >= 0.3 is 0 Å². The van der Waals surface area contributed by atoms with Gasteiger partial charge in [-0.25, -0.2) is 14.7 Å². The molecule has 1 aliphatic heterocycles. The summed E-state index contributed by atoms with van der Waals surface area (Å²) in [5.74, 6) is -0.0399. The van der Waals surface area contributed by atoms with Gasteiger partial charge in [-0.2, -0.15) is 5.10 Å². The number of hydrogen-bond acceptors (Lipinski definition) is 5. The zero-order chi connectivity index (χ0) is 19.0. The fourth-order valence-electron chi connectivity index (χ4n) is 3.22. The molecule has 0 atom stereocenters. The molecule has 8 heteroatoms. The summed E-state index contributed by atoms with van der Waals surface area (Å²) in [6.45, 7) is 4.49. The first-order valence-corrected chi connectivity index (χ1v) is 8.73. The monoisotopic (exact) mass is 365 g/mol. The van der Waals surface area contributed by atoms with Crippen molar-refractivity contribution >= 4 is 11.8 Å². The van der Waals surface area contributed by atoms with Gasteiger partial charge < -0.3 is 4.52 Å². The zero-order valence-electron chi connectivity index (χ0n) is 15.1. The average molecular weight is 365 g/mol. The van der Waals surface area contributed by atoms with Crippen molar-refractivity contribution in [2.24, 2.45) is 0 Å². The molecule has 1 aromatic carbocycles. The number of hydrogen-bond donors (Lipinski definition) is 0. The Morgan fingerprint density at radius 3 is 2.41 bits per heavy atom. The molecule has 1 saturated heterocycles. The molecule has 8 nitrogen and oxygen atoms in total. The van der Waals surface area contributed by atoms with Gasteiger partial charge in [-0.15, -0.1) is 0 Å². The molecule has 27 heavy (non-hydrogen) atoms. The second-order valence-corrected chi connectivity index (χ2v) is 6.42. The lowest BCUT2D eigenvalue weighted by atomic mass is 10.2. The summed E-state index contributed by atoms with van der Waals surface area (Å²) in [5.41, 5.74) is 2.27. The summed E-state index contributed by atoms with van der Waals surface area (Å²) in [6, 6.07) is 11.2. The summed E-state index contributed by atoms with van der Waals surface area (Å²) in [7, 11) is 0. The van der Waals surface area contributed by atoms with Crippen molar-refractivity contribution in [3.63, 3.8) is 0 Å². The largest absolute Gasteiger partial charge is 0.361 e. The van der Waals surface area contributed by atoms with Gasteiger partial charge in [0.2, 0.25) is 0 Å². The topological polar surface area (TPSA) is 84.5 Å². The number of aromatic nitrogens is 3. The van der Waals surface area contributed by atoms with E-state index in [2.05, 4.69) is 10.3 Å². The Hall–Kier alpha value is -3.42.